The molecule has 3 aliphatic rings. The lowest BCUT2D eigenvalue weighted by Gasteiger charge is -2.17. The summed E-state index contributed by atoms with van der Waals surface area (Å²) < 4.78 is 4.63. The zero-order valence-corrected chi connectivity index (χ0v) is 8.66. The molecule has 1 aliphatic heterocycles. The fourth-order valence-electron chi connectivity index (χ4n) is 3.20. The number of ether oxygens (including phenoxy) is 1. The maximum atomic E-state index is 11.2. The highest BCUT2D eigenvalue weighted by atomic mass is 16.6. The van der Waals surface area contributed by atoms with Crippen molar-refractivity contribution in [2.45, 2.75) is 33.1 Å². The lowest BCUT2D eigenvalue weighted by molar-refractivity contribution is -0.154. The summed E-state index contributed by atoms with van der Waals surface area (Å²) >= 11 is 0. The van der Waals surface area contributed by atoms with Crippen LogP contribution in [0.2, 0.25) is 0 Å². The van der Waals surface area contributed by atoms with Crippen LogP contribution in [0.3, 0.4) is 0 Å². The maximum Gasteiger partial charge on any atom is 0.317 e. The third-order valence-corrected chi connectivity index (χ3v) is 3.66. The summed E-state index contributed by atoms with van der Waals surface area (Å²) in [4.78, 5) is 22.4. The van der Waals surface area contributed by atoms with Gasteiger partial charge < -0.3 is 4.74 Å². The summed E-state index contributed by atoms with van der Waals surface area (Å²) in [6, 6.07) is 0. The van der Waals surface area contributed by atoms with Crippen LogP contribution >= 0.6 is 0 Å². The Kier molecular flexibility index (Phi) is 2.33. The normalized spacial score (nSPS) is 43.0. The van der Waals surface area contributed by atoms with E-state index in [-0.39, 0.29) is 23.8 Å². The van der Waals surface area contributed by atoms with Crippen molar-refractivity contribution < 1.29 is 14.3 Å². The second-order valence-electron chi connectivity index (χ2n) is 4.12. The first-order valence-corrected chi connectivity index (χ1v) is 5.53. The van der Waals surface area contributed by atoms with Crippen molar-refractivity contribution >= 4 is 11.9 Å². The van der Waals surface area contributed by atoms with E-state index < -0.39 is 0 Å². The van der Waals surface area contributed by atoms with Crippen LogP contribution in [0.15, 0.2) is 0 Å². The van der Waals surface area contributed by atoms with E-state index in [9.17, 15) is 9.59 Å². The van der Waals surface area contributed by atoms with E-state index in [2.05, 4.69) is 4.74 Å². The minimum Gasteiger partial charge on any atom is -0.393 e. The first kappa shape index (κ1) is 9.69. The first-order valence-electron chi connectivity index (χ1n) is 5.53. The summed E-state index contributed by atoms with van der Waals surface area (Å²) in [6.45, 7) is 4.00. The molecular weight excluding hydrogens is 180 g/mol. The molecule has 0 aromatic heterocycles. The van der Waals surface area contributed by atoms with Gasteiger partial charge in [0.05, 0.1) is 11.8 Å². The molecule has 2 aliphatic carbocycles. The molecule has 2 bridgehead atoms. The predicted molar refractivity (Wildman–Crippen MR) is 50.3 cm³/mol. The van der Waals surface area contributed by atoms with Gasteiger partial charge in [0.25, 0.3) is 0 Å². The van der Waals surface area contributed by atoms with Crippen LogP contribution < -0.4 is 0 Å². The van der Waals surface area contributed by atoms with Crippen LogP contribution in [-0.2, 0) is 14.3 Å². The van der Waals surface area contributed by atoms with E-state index in [4.69, 9.17) is 0 Å². The minimum atomic E-state index is -0.253. The SMILES string of the molecule is CC.O=C1OC(=O)C2C3CCC(C3)C12. The number of esters is 2. The zero-order chi connectivity index (χ0) is 10.3. The molecule has 3 nitrogen and oxygen atoms in total. The van der Waals surface area contributed by atoms with Crippen molar-refractivity contribution in [3.63, 3.8) is 0 Å². The molecule has 0 N–H and O–H groups in total. The Balaban J connectivity index is 0.000000354. The molecule has 3 heteroatoms. The van der Waals surface area contributed by atoms with E-state index in [0.29, 0.717) is 11.8 Å². The van der Waals surface area contributed by atoms with Gasteiger partial charge in [0.1, 0.15) is 0 Å². The zero-order valence-electron chi connectivity index (χ0n) is 8.66. The molecule has 0 aromatic carbocycles. The van der Waals surface area contributed by atoms with Crippen molar-refractivity contribution in [2.24, 2.45) is 23.7 Å². The van der Waals surface area contributed by atoms with E-state index in [1.165, 1.54) is 0 Å². The van der Waals surface area contributed by atoms with Gasteiger partial charge in [-0.25, -0.2) is 0 Å². The standard InChI is InChI=1S/C9H10O3.C2H6/c10-8-6-4-1-2-5(3-4)7(6)9(11)12-8;1-2/h4-7H,1-3H2;1-2H3. The molecule has 2 saturated carbocycles. The van der Waals surface area contributed by atoms with Gasteiger partial charge in [-0.3, -0.25) is 9.59 Å². The van der Waals surface area contributed by atoms with Crippen molar-refractivity contribution in [1.82, 2.24) is 0 Å². The largest absolute Gasteiger partial charge is 0.393 e. The summed E-state index contributed by atoms with van der Waals surface area (Å²) in [5.74, 6) is 0.291. The molecule has 3 rings (SSSR count). The molecule has 4 atom stereocenters. The monoisotopic (exact) mass is 196 g/mol. The average molecular weight is 196 g/mol. The van der Waals surface area contributed by atoms with E-state index in [1.54, 1.807) is 0 Å². The van der Waals surface area contributed by atoms with Crippen molar-refractivity contribution in [2.75, 3.05) is 0 Å². The Bertz CT molecular complexity index is 246. The molecule has 1 heterocycles. The number of cyclic esters (lactones) is 2. The summed E-state index contributed by atoms with van der Waals surface area (Å²) in [5, 5.41) is 0. The number of carbonyl (C=O) groups is 2. The molecule has 0 amide bonds. The van der Waals surface area contributed by atoms with Crippen LogP contribution in [0, 0.1) is 23.7 Å². The summed E-state index contributed by atoms with van der Waals surface area (Å²) in [6.07, 6.45) is 3.32. The second-order valence-corrected chi connectivity index (χ2v) is 4.12. The van der Waals surface area contributed by atoms with Gasteiger partial charge in [-0.05, 0) is 31.1 Å². The average Bonchev–Trinajstić information content (AvgIpc) is 2.84. The predicted octanol–water partition coefficient (Wildman–Crippen LogP) is 1.76. The number of hydrogen-bond donors (Lipinski definition) is 0. The molecule has 0 aromatic rings. The highest BCUT2D eigenvalue weighted by Crippen LogP contribution is 2.55. The van der Waals surface area contributed by atoms with Gasteiger partial charge in [0.2, 0.25) is 0 Å². The van der Waals surface area contributed by atoms with Crippen LogP contribution in [0.4, 0.5) is 0 Å². The Hall–Kier alpha value is -0.860. The molecule has 1 saturated heterocycles. The lowest BCUT2D eigenvalue weighted by Crippen LogP contribution is -2.24. The van der Waals surface area contributed by atoms with E-state index in [0.717, 1.165) is 19.3 Å². The topological polar surface area (TPSA) is 43.4 Å². The number of rotatable bonds is 0. The van der Waals surface area contributed by atoms with Crippen LogP contribution in [-0.4, -0.2) is 11.9 Å². The molecule has 3 fully saturated rings. The minimum absolute atomic E-state index is 0.0590. The smallest absolute Gasteiger partial charge is 0.317 e. The van der Waals surface area contributed by atoms with Crippen LogP contribution in [0.1, 0.15) is 33.1 Å². The third-order valence-electron chi connectivity index (χ3n) is 3.66. The van der Waals surface area contributed by atoms with E-state index in [1.807, 2.05) is 13.8 Å². The summed E-state index contributed by atoms with van der Waals surface area (Å²) in [7, 11) is 0. The molecule has 0 radical (unpaired) electrons. The fraction of sp³-hybridized carbons (Fsp3) is 0.818. The Morgan fingerprint density at radius 3 is 1.86 bits per heavy atom. The third kappa shape index (κ3) is 1.11. The fourth-order valence-corrected chi connectivity index (χ4v) is 3.20. The maximum absolute atomic E-state index is 11.2. The first-order chi connectivity index (χ1) is 6.77. The Morgan fingerprint density at radius 2 is 1.43 bits per heavy atom. The highest BCUT2D eigenvalue weighted by Gasteiger charge is 2.59. The Morgan fingerprint density at radius 1 is 1.00 bits per heavy atom. The van der Waals surface area contributed by atoms with Gasteiger partial charge >= 0.3 is 11.9 Å². The second kappa shape index (κ2) is 3.37. The molecule has 4 unspecified atom stereocenters. The molecule has 0 spiro atoms. The Labute approximate surface area is 83.8 Å². The van der Waals surface area contributed by atoms with Crippen LogP contribution in [0.5, 0.6) is 0 Å². The van der Waals surface area contributed by atoms with Crippen molar-refractivity contribution in [3.8, 4) is 0 Å². The number of fused-ring (bicyclic) bond motifs is 5. The van der Waals surface area contributed by atoms with Crippen molar-refractivity contribution in [1.29, 1.82) is 0 Å². The molecular formula is C11H16O3. The molecule has 78 valence electrons. The lowest BCUT2D eigenvalue weighted by atomic mass is 9.81. The number of hydrogen-bond acceptors (Lipinski definition) is 3. The van der Waals surface area contributed by atoms with Gasteiger partial charge in [-0.1, -0.05) is 13.8 Å². The quantitative estimate of drug-likeness (QED) is 0.438. The van der Waals surface area contributed by atoms with Crippen molar-refractivity contribution in [3.05, 3.63) is 0 Å². The number of carbonyl (C=O) groups excluding carboxylic acids is 2. The highest BCUT2D eigenvalue weighted by molar-refractivity contribution is 5.97. The van der Waals surface area contributed by atoms with Gasteiger partial charge in [-0.2, -0.15) is 0 Å². The van der Waals surface area contributed by atoms with Gasteiger partial charge in [-0.15, -0.1) is 0 Å². The van der Waals surface area contributed by atoms with E-state index >= 15 is 0 Å². The van der Waals surface area contributed by atoms with Gasteiger partial charge in [0.15, 0.2) is 0 Å². The summed E-state index contributed by atoms with van der Waals surface area (Å²) in [5.41, 5.74) is 0. The molecule has 14 heavy (non-hydrogen) atoms. The van der Waals surface area contributed by atoms with Crippen LogP contribution in [0.25, 0.3) is 0 Å². The van der Waals surface area contributed by atoms with Gasteiger partial charge in [0, 0.05) is 0 Å².